The van der Waals surface area contributed by atoms with Gasteiger partial charge in [0, 0.05) is 30.6 Å². The van der Waals surface area contributed by atoms with Gasteiger partial charge >= 0.3 is 0 Å². The lowest BCUT2D eigenvalue weighted by Crippen LogP contribution is -2.17. The van der Waals surface area contributed by atoms with Crippen molar-refractivity contribution >= 4 is 21.4 Å². The molecule has 0 fully saturated rings. The van der Waals surface area contributed by atoms with Crippen molar-refractivity contribution in [3.05, 3.63) is 81.9 Å². The van der Waals surface area contributed by atoms with Crippen LogP contribution >= 0.6 is 0 Å². The summed E-state index contributed by atoms with van der Waals surface area (Å²) in [5.41, 5.74) is 2.47. The Kier molecular flexibility index (Phi) is 6.45. The molecule has 0 unspecified atom stereocenters. The lowest BCUT2D eigenvalue weighted by molar-refractivity contribution is 0.0963. The molecular weight excluding hydrogens is 420 g/mol. The molecule has 0 aliphatic rings. The summed E-state index contributed by atoms with van der Waals surface area (Å²) in [6.07, 6.45) is 1.03. The number of benzene rings is 2. The van der Waals surface area contributed by atoms with Gasteiger partial charge in [-0.15, -0.1) is 0 Å². The molecule has 162 valence electrons. The zero-order valence-electron chi connectivity index (χ0n) is 17.0. The van der Waals surface area contributed by atoms with Gasteiger partial charge in [-0.25, -0.2) is 8.42 Å². The third-order valence-electron chi connectivity index (χ3n) is 4.49. The zero-order chi connectivity index (χ0) is 22.6. The Morgan fingerprint density at radius 3 is 2.16 bits per heavy atom. The fourth-order valence-corrected chi connectivity index (χ4v) is 3.62. The molecule has 0 bridgehead atoms. The average Bonchev–Trinajstić information content (AvgIpc) is 2.74. The standard InChI is InChI=1S/C22H22N2O6S/c1-23-22(27)16-5-3-14(4-6-16)15-7-9-17(10-8-15)24-12-20-21(26)19(25)11-18(30-20)13-31(2,28)29/h3-11,24,26H,12-13H2,1-2H3,(H,23,27). The van der Waals surface area contributed by atoms with Gasteiger partial charge in [-0.1, -0.05) is 24.3 Å². The first-order valence-corrected chi connectivity index (χ1v) is 11.4. The van der Waals surface area contributed by atoms with Crippen LogP contribution in [0.4, 0.5) is 5.69 Å². The number of rotatable bonds is 7. The van der Waals surface area contributed by atoms with E-state index in [-0.39, 0.29) is 24.0 Å². The summed E-state index contributed by atoms with van der Waals surface area (Å²) < 4.78 is 28.3. The SMILES string of the molecule is CNC(=O)c1ccc(-c2ccc(NCc3oc(CS(C)(=O)=O)cc(=O)c3O)cc2)cc1. The molecule has 9 heteroatoms. The molecule has 1 aromatic heterocycles. The molecule has 8 nitrogen and oxygen atoms in total. The zero-order valence-corrected chi connectivity index (χ0v) is 17.8. The quantitative estimate of drug-likeness (QED) is 0.513. The van der Waals surface area contributed by atoms with Crippen molar-refractivity contribution < 1.29 is 22.7 Å². The van der Waals surface area contributed by atoms with Crippen molar-refractivity contribution in [2.24, 2.45) is 0 Å². The van der Waals surface area contributed by atoms with Crippen molar-refractivity contribution in [2.45, 2.75) is 12.3 Å². The van der Waals surface area contributed by atoms with Crippen LogP contribution in [0, 0.1) is 0 Å². The number of hydrogen-bond acceptors (Lipinski definition) is 7. The van der Waals surface area contributed by atoms with Gasteiger partial charge in [-0.2, -0.15) is 0 Å². The fraction of sp³-hybridized carbons (Fsp3) is 0.182. The van der Waals surface area contributed by atoms with E-state index in [0.29, 0.717) is 11.3 Å². The molecule has 2 aromatic carbocycles. The minimum atomic E-state index is -3.39. The van der Waals surface area contributed by atoms with E-state index < -0.39 is 26.8 Å². The van der Waals surface area contributed by atoms with Crippen molar-refractivity contribution in [1.29, 1.82) is 0 Å². The molecule has 3 N–H and O–H groups in total. The molecule has 0 spiro atoms. The average molecular weight is 442 g/mol. The van der Waals surface area contributed by atoms with Gasteiger partial charge < -0.3 is 20.2 Å². The number of carbonyl (C=O) groups excluding carboxylic acids is 1. The summed E-state index contributed by atoms with van der Waals surface area (Å²) >= 11 is 0. The number of nitrogens with one attached hydrogen (secondary N) is 2. The Hall–Kier alpha value is -3.59. The van der Waals surface area contributed by atoms with Gasteiger partial charge in [0.25, 0.3) is 5.91 Å². The van der Waals surface area contributed by atoms with E-state index in [2.05, 4.69) is 10.6 Å². The van der Waals surface area contributed by atoms with Crippen LogP contribution < -0.4 is 16.1 Å². The van der Waals surface area contributed by atoms with E-state index >= 15 is 0 Å². The Morgan fingerprint density at radius 1 is 1.03 bits per heavy atom. The molecule has 0 aliphatic heterocycles. The van der Waals surface area contributed by atoms with Gasteiger partial charge in [-0.05, 0) is 35.4 Å². The minimum absolute atomic E-state index is 0.00114. The molecule has 1 amide bonds. The van der Waals surface area contributed by atoms with Crippen LogP contribution in [-0.4, -0.2) is 32.7 Å². The second kappa shape index (κ2) is 9.05. The Bertz CT molecular complexity index is 1250. The number of sulfone groups is 1. The first-order chi connectivity index (χ1) is 14.7. The molecule has 0 saturated heterocycles. The van der Waals surface area contributed by atoms with Gasteiger partial charge in [-0.3, -0.25) is 9.59 Å². The molecular formula is C22H22N2O6S. The van der Waals surface area contributed by atoms with Crippen LogP contribution in [-0.2, 0) is 22.1 Å². The maximum absolute atomic E-state index is 11.9. The summed E-state index contributed by atoms with van der Waals surface area (Å²) in [4.78, 5) is 23.5. The highest BCUT2D eigenvalue weighted by atomic mass is 32.2. The van der Waals surface area contributed by atoms with E-state index in [4.69, 9.17) is 4.42 Å². The van der Waals surface area contributed by atoms with Crippen LogP contribution in [0.15, 0.2) is 63.8 Å². The second-order valence-electron chi connectivity index (χ2n) is 7.01. The smallest absolute Gasteiger partial charge is 0.251 e. The van der Waals surface area contributed by atoms with E-state index in [1.165, 1.54) is 0 Å². The molecule has 3 rings (SSSR count). The summed E-state index contributed by atoms with van der Waals surface area (Å²) in [5.74, 6) is -1.21. The summed E-state index contributed by atoms with van der Waals surface area (Å²) in [7, 11) is -1.81. The van der Waals surface area contributed by atoms with Crippen LogP contribution in [0.2, 0.25) is 0 Å². The molecule has 0 aliphatic carbocycles. The normalized spacial score (nSPS) is 11.2. The van der Waals surface area contributed by atoms with Gasteiger partial charge in [0.05, 0.1) is 6.54 Å². The van der Waals surface area contributed by atoms with E-state index in [1.807, 2.05) is 36.4 Å². The monoisotopic (exact) mass is 442 g/mol. The summed E-state index contributed by atoms with van der Waals surface area (Å²) in [5, 5.41) is 15.6. The van der Waals surface area contributed by atoms with Crippen molar-refractivity contribution in [3.63, 3.8) is 0 Å². The molecule has 3 aromatic rings. The first kappa shape index (κ1) is 22.1. The predicted molar refractivity (Wildman–Crippen MR) is 118 cm³/mol. The van der Waals surface area contributed by atoms with Gasteiger partial charge in [0.15, 0.2) is 15.6 Å². The first-order valence-electron chi connectivity index (χ1n) is 9.35. The van der Waals surface area contributed by atoms with E-state index in [9.17, 15) is 23.1 Å². The van der Waals surface area contributed by atoms with Gasteiger partial charge in [0.1, 0.15) is 11.5 Å². The third-order valence-corrected chi connectivity index (χ3v) is 5.30. The minimum Gasteiger partial charge on any atom is -0.502 e. The second-order valence-corrected chi connectivity index (χ2v) is 9.15. The fourth-order valence-electron chi connectivity index (χ4n) is 2.96. The molecule has 0 radical (unpaired) electrons. The molecule has 31 heavy (non-hydrogen) atoms. The topological polar surface area (TPSA) is 126 Å². The Balaban J connectivity index is 1.72. The third kappa shape index (κ3) is 5.73. The highest BCUT2D eigenvalue weighted by Crippen LogP contribution is 2.23. The molecule has 1 heterocycles. The van der Waals surface area contributed by atoms with E-state index in [1.54, 1.807) is 19.2 Å². The summed E-state index contributed by atoms with van der Waals surface area (Å²) in [6, 6.07) is 15.6. The van der Waals surface area contributed by atoms with Crippen LogP contribution in [0.5, 0.6) is 5.75 Å². The van der Waals surface area contributed by atoms with Gasteiger partial charge in [0.2, 0.25) is 11.2 Å². The Morgan fingerprint density at radius 2 is 1.61 bits per heavy atom. The number of anilines is 1. The molecule has 0 atom stereocenters. The highest BCUT2D eigenvalue weighted by Gasteiger charge is 2.14. The maximum Gasteiger partial charge on any atom is 0.251 e. The van der Waals surface area contributed by atoms with Crippen LogP contribution in [0.3, 0.4) is 0 Å². The summed E-state index contributed by atoms with van der Waals surface area (Å²) in [6.45, 7) is -0.00114. The number of carbonyl (C=O) groups is 1. The lowest BCUT2D eigenvalue weighted by Gasteiger charge is -2.10. The van der Waals surface area contributed by atoms with Crippen molar-refractivity contribution in [3.8, 4) is 16.9 Å². The maximum atomic E-state index is 11.9. The number of amides is 1. The number of aromatic hydroxyl groups is 1. The predicted octanol–water partition coefficient (Wildman–Crippen LogP) is 2.53. The van der Waals surface area contributed by atoms with E-state index in [0.717, 1.165) is 23.4 Å². The van der Waals surface area contributed by atoms with Crippen molar-refractivity contribution in [2.75, 3.05) is 18.6 Å². The molecule has 0 saturated carbocycles. The highest BCUT2D eigenvalue weighted by molar-refractivity contribution is 7.89. The Labute approximate surface area is 179 Å². The largest absolute Gasteiger partial charge is 0.502 e. The van der Waals surface area contributed by atoms with Crippen LogP contribution in [0.1, 0.15) is 21.9 Å². The number of hydrogen-bond donors (Lipinski definition) is 3. The van der Waals surface area contributed by atoms with Crippen molar-refractivity contribution in [1.82, 2.24) is 5.32 Å². The lowest BCUT2D eigenvalue weighted by atomic mass is 10.0. The van der Waals surface area contributed by atoms with Crippen LogP contribution in [0.25, 0.3) is 11.1 Å².